The Morgan fingerprint density at radius 1 is 1.67 bits per heavy atom. The molecule has 68 valence electrons. The zero-order valence-corrected chi connectivity index (χ0v) is 8.15. The lowest BCUT2D eigenvalue weighted by atomic mass is 9.90. The van der Waals surface area contributed by atoms with Gasteiger partial charge in [0.2, 0.25) is 0 Å². The fraction of sp³-hybridized carbons (Fsp3) is 0.889. The Morgan fingerprint density at radius 3 is 3.08 bits per heavy atom. The van der Waals surface area contributed by atoms with Gasteiger partial charge in [-0.05, 0) is 18.6 Å². The monoisotopic (exact) mass is 186 g/mol. The van der Waals surface area contributed by atoms with E-state index in [4.69, 9.17) is 4.74 Å². The fourth-order valence-corrected chi connectivity index (χ4v) is 3.31. The Balaban J connectivity index is 2.12. The topological polar surface area (TPSA) is 26.3 Å². The highest BCUT2D eigenvalue weighted by Crippen LogP contribution is 2.41. The van der Waals surface area contributed by atoms with Gasteiger partial charge in [0.05, 0.1) is 5.60 Å². The maximum Gasteiger partial charge on any atom is 0.161 e. The number of Topliss-reactive ketones (excluding diaryl/α,β-unsaturated/α-hetero) is 1. The number of ketones is 1. The largest absolute Gasteiger partial charge is 0.366 e. The second-order valence-corrected chi connectivity index (χ2v) is 5.13. The van der Waals surface area contributed by atoms with E-state index in [9.17, 15) is 4.79 Å². The molecule has 0 amide bonds. The number of carbonyl (C=O) groups is 1. The number of carbonyl (C=O) groups excluding carboxylic acids is 1. The van der Waals surface area contributed by atoms with Crippen LogP contribution in [0.25, 0.3) is 0 Å². The van der Waals surface area contributed by atoms with Crippen molar-refractivity contribution < 1.29 is 9.53 Å². The minimum Gasteiger partial charge on any atom is -0.366 e. The molecule has 12 heavy (non-hydrogen) atoms. The van der Waals surface area contributed by atoms with Gasteiger partial charge >= 0.3 is 0 Å². The third-order valence-corrected chi connectivity index (χ3v) is 4.32. The number of hydrogen-bond donors (Lipinski definition) is 0. The summed E-state index contributed by atoms with van der Waals surface area (Å²) in [4.78, 5) is 11.1. The highest BCUT2D eigenvalue weighted by atomic mass is 32.2. The molecular weight excluding hydrogens is 172 g/mol. The van der Waals surface area contributed by atoms with E-state index in [2.05, 4.69) is 6.92 Å². The first-order chi connectivity index (χ1) is 5.73. The number of thioether (sulfide) groups is 1. The second-order valence-electron chi connectivity index (χ2n) is 3.69. The van der Waals surface area contributed by atoms with Crippen molar-refractivity contribution in [1.82, 2.24) is 0 Å². The van der Waals surface area contributed by atoms with E-state index in [1.54, 1.807) is 0 Å². The summed E-state index contributed by atoms with van der Waals surface area (Å²) in [5, 5.41) is 0.498. The average Bonchev–Trinajstić information content (AvgIpc) is 2.41. The third-order valence-electron chi connectivity index (χ3n) is 2.87. The minimum absolute atomic E-state index is 0.0833. The van der Waals surface area contributed by atoms with Crippen LogP contribution in [0.3, 0.4) is 0 Å². The van der Waals surface area contributed by atoms with Gasteiger partial charge in [-0.25, -0.2) is 0 Å². The lowest BCUT2D eigenvalue weighted by molar-refractivity contribution is -0.117. The summed E-state index contributed by atoms with van der Waals surface area (Å²) in [6.45, 7) is 2.54. The molecule has 0 bridgehead atoms. The molecule has 2 fully saturated rings. The van der Waals surface area contributed by atoms with Gasteiger partial charge in [0.25, 0.3) is 0 Å². The van der Waals surface area contributed by atoms with Gasteiger partial charge in [0.15, 0.2) is 5.78 Å². The first kappa shape index (κ1) is 8.57. The molecule has 0 radical (unpaired) electrons. The second kappa shape index (κ2) is 3.04. The molecule has 0 N–H and O–H groups in total. The molecule has 0 aromatic rings. The molecule has 2 aliphatic heterocycles. The summed E-state index contributed by atoms with van der Waals surface area (Å²) in [5.41, 5.74) is -0.0833. The van der Waals surface area contributed by atoms with Crippen molar-refractivity contribution in [3.8, 4) is 0 Å². The molecule has 2 nitrogen and oxygen atoms in total. The van der Waals surface area contributed by atoms with E-state index in [-0.39, 0.29) is 11.4 Å². The Morgan fingerprint density at radius 2 is 2.50 bits per heavy atom. The van der Waals surface area contributed by atoms with Crippen molar-refractivity contribution in [3.63, 3.8) is 0 Å². The van der Waals surface area contributed by atoms with Gasteiger partial charge < -0.3 is 4.74 Å². The number of rotatable bonds is 0. The minimum atomic E-state index is -0.0833. The van der Waals surface area contributed by atoms with Gasteiger partial charge in [0.1, 0.15) is 6.61 Å². The van der Waals surface area contributed by atoms with Crippen LogP contribution in [0.1, 0.15) is 26.2 Å². The lowest BCUT2D eigenvalue weighted by Gasteiger charge is -2.37. The van der Waals surface area contributed by atoms with E-state index >= 15 is 0 Å². The molecule has 0 saturated carbocycles. The Hall–Kier alpha value is -0.0200. The molecule has 2 rings (SSSR count). The van der Waals surface area contributed by atoms with Crippen LogP contribution in [0, 0.1) is 0 Å². The number of hydrogen-bond acceptors (Lipinski definition) is 3. The predicted molar refractivity (Wildman–Crippen MR) is 49.5 cm³/mol. The van der Waals surface area contributed by atoms with E-state index in [1.165, 1.54) is 12.2 Å². The standard InChI is InChI=1S/C9H14O2S/c1-7-9(3-2-4-12-7)5-8(10)6-11-9/h7H,2-6H2,1H3. The van der Waals surface area contributed by atoms with Crippen LogP contribution >= 0.6 is 11.8 Å². The molecule has 3 heteroatoms. The zero-order chi connectivity index (χ0) is 8.60. The molecule has 1 spiro atoms. The third kappa shape index (κ3) is 1.29. The SMILES string of the molecule is CC1SCCCC12CC(=O)CO2. The van der Waals surface area contributed by atoms with Crippen LogP contribution in [0.2, 0.25) is 0 Å². The Kier molecular flexibility index (Phi) is 2.17. The maximum atomic E-state index is 11.1. The highest BCUT2D eigenvalue weighted by molar-refractivity contribution is 8.00. The van der Waals surface area contributed by atoms with Gasteiger partial charge in [-0.1, -0.05) is 6.92 Å². The molecular formula is C9H14O2S. The molecule has 2 atom stereocenters. The summed E-state index contributed by atoms with van der Waals surface area (Å²) < 4.78 is 5.64. The van der Waals surface area contributed by atoms with Gasteiger partial charge in [0, 0.05) is 11.7 Å². The normalized spacial score (nSPS) is 42.4. The molecule has 0 aliphatic carbocycles. The Labute approximate surface area is 77.0 Å². The average molecular weight is 186 g/mol. The van der Waals surface area contributed by atoms with Crippen LogP contribution in [-0.2, 0) is 9.53 Å². The van der Waals surface area contributed by atoms with Crippen molar-refractivity contribution in [2.24, 2.45) is 0 Å². The summed E-state index contributed by atoms with van der Waals surface area (Å²) in [5.74, 6) is 1.50. The maximum absolute atomic E-state index is 11.1. The van der Waals surface area contributed by atoms with Crippen LogP contribution in [0.15, 0.2) is 0 Å². The predicted octanol–water partition coefficient (Wildman–Crippen LogP) is 1.63. The van der Waals surface area contributed by atoms with Gasteiger partial charge in [-0.2, -0.15) is 11.8 Å². The number of ether oxygens (including phenoxy) is 1. The van der Waals surface area contributed by atoms with Crippen LogP contribution in [-0.4, -0.2) is 29.0 Å². The van der Waals surface area contributed by atoms with E-state index in [0.29, 0.717) is 18.3 Å². The van der Waals surface area contributed by atoms with Crippen LogP contribution in [0.5, 0.6) is 0 Å². The summed E-state index contributed by atoms with van der Waals surface area (Å²) in [7, 11) is 0. The molecule has 2 unspecified atom stereocenters. The molecule has 2 aliphatic rings. The van der Waals surface area contributed by atoms with Crippen molar-refractivity contribution in [2.75, 3.05) is 12.4 Å². The van der Waals surface area contributed by atoms with Crippen LogP contribution in [0.4, 0.5) is 0 Å². The van der Waals surface area contributed by atoms with E-state index in [1.807, 2.05) is 11.8 Å². The van der Waals surface area contributed by atoms with Crippen molar-refractivity contribution >= 4 is 17.5 Å². The van der Waals surface area contributed by atoms with Gasteiger partial charge in [-0.3, -0.25) is 4.79 Å². The smallest absolute Gasteiger partial charge is 0.161 e. The van der Waals surface area contributed by atoms with Crippen molar-refractivity contribution in [3.05, 3.63) is 0 Å². The van der Waals surface area contributed by atoms with Crippen molar-refractivity contribution in [2.45, 2.75) is 37.0 Å². The van der Waals surface area contributed by atoms with Crippen LogP contribution < -0.4 is 0 Å². The molecule has 2 saturated heterocycles. The van der Waals surface area contributed by atoms with Gasteiger partial charge in [-0.15, -0.1) is 0 Å². The first-order valence-corrected chi connectivity index (χ1v) is 5.55. The van der Waals surface area contributed by atoms with E-state index < -0.39 is 0 Å². The molecule has 2 heterocycles. The summed E-state index contributed by atoms with van der Waals surface area (Å²) in [6.07, 6.45) is 2.93. The first-order valence-electron chi connectivity index (χ1n) is 4.50. The Bertz CT molecular complexity index is 205. The molecule has 0 aromatic heterocycles. The summed E-state index contributed by atoms with van der Waals surface area (Å²) >= 11 is 1.94. The lowest BCUT2D eigenvalue weighted by Crippen LogP contribution is -2.41. The zero-order valence-electron chi connectivity index (χ0n) is 7.34. The fourth-order valence-electron chi connectivity index (χ4n) is 2.07. The highest BCUT2D eigenvalue weighted by Gasteiger charge is 2.45. The van der Waals surface area contributed by atoms with E-state index in [0.717, 1.165) is 6.42 Å². The quantitative estimate of drug-likeness (QED) is 0.575. The molecule has 0 aromatic carbocycles. The van der Waals surface area contributed by atoms with Crippen molar-refractivity contribution in [1.29, 1.82) is 0 Å². The summed E-state index contributed by atoms with van der Waals surface area (Å²) in [6, 6.07) is 0.